The molecule has 0 radical (unpaired) electrons. The Morgan fingerprint density at radius 1 is 1.43 bits per heavy atom. The van der Waals surface area contributed by atoms with E-state index in [2.05, 4.69) is 10.3 Å². The van der Waals surface area contributed by atoms with Crippen molar-refractivity contribution < 1.29 is 14.3 Å². The summed E-state index contributed by atoms with van der Waals surface area (Å²) < 4.78 is 10.9. The lowest BCUT2D eigenvalue weighted by Crippen LogP contribution is -2.45. The lowest BCUT2D eigenvalue weighted by atomic mass is 10.1. The molecule has 1 aliphatic heterocycles. The van der Waals surface area contributed by atoms with Crippen LogP contribution in [0.15, 0.2) is 28.2 Å². The number of rotatable bonds is 6. The van der Waals surface area contributed by atoms with E-state index in [-0.39, 0.29) is 6.04 Å². The number of morpholine rings is 1. The van der Waals surface area contributed by atoms with Crippen LogP contribution in [0, 0.1) is 0 Å². The Labute approximate surface area is 139 Å². The lowest BCUT2D eigenvalue weighted by molar-refractivity contribution is -0.0327. The molecular weight excluding hydrogens is 312 g/mol. The van der Waals surface area contributed by atoms with Crippen LogP contribution in [0.1, 0.15) is 47.7 Å². The Kier molecular flexibility index (Phi) is 4.48. The minimum atomic E-state index is -0.586. The largest absolute Gasteiger partial charge is 0.467 e. The van der Waals surface area contributed by atoms with Gasteiger partial charge in [-0.05, 0) is 31.4 Å². The minimum absolute atomic E-state index is 0.190. The first kappa shape index (κ1) is 15.3. The Morgan fingerprint density at radius 2 is 2.35 bits per heavy atom. The second-order valence-electron chi connectivity index (χ2n) is 6.42. The number of aliphatic hydroxyl groups excluding tert-OH is 1. The molecule has 4 rings (SSSR count). The third-order valence-electron chi connectivity index (χ3n) is 4.58. The first-order valence-corrected chi connectivity index (χ1v) is 9.15. The van der Waals surface area contributed by atoms with Crippen molar-refractivity contribution in [3.8, 4) is 0 Å². The van der Waals surface area contributed by atoms with Gasteiger partial charge in [-0.1, -0.05) is 0 Å². The van der Waals surface area contributed by atoms with Gasteiger partial charge in [0.25, 0.3) is 0 Å². The minimum Gasteiger partial charge on any atom is -0.467 e. The summed E-state index contributed by atoms with van der Waals surface area (Å²) in [6.07, 6.45) is 4.22. The molecule has 2 aromatic heterocycles. The standard InChI is InChI=1S/C17H22N2O3S/c20-15(16-2-1-6-22-16)8-14-10-21-7-5-19(14)9-13-11-23-17(18-13)12-3-4-12/h1-2,6,11-12,14-15,20H,3-5,7-10H2. The van der Waals surface area contributed by atoms with E-state index in [0.29, 0.717) is 18.8 Å². The van der Waals surface area contributed by atoms with Crippen molar-refractivity contribution in [2.24, 2.45) is 0 Å². The molecule has 2 unspecified atom stereocenters. The second kappa shape index (κ2) is 6.73. The molecule has 2 fully saturated rings. The van der Waals surface area contributed by atoms with Crippen molar-refractivity contribution in [2.75, 3.05) is 19.8 Å². The van der Waals surface area contributed by atoms with Crippen molar-refractivity contribution in [3.63, 3.8) is 0 Å². The van der Waals surface area contributed by atoms with Gasteiger partial charge in [0.2, 0.25) is 0 Å². The number of ether oxygens (including phenoxy) is 1. The summed E-state index contributed by atoms with van der Waals surface area (Å²) in [6.45, 7) is 3.11. The lowest BCUT2D eigenvalue weighted by Gasteiger charge is -2.35. The normalized spacial score (nSPS) is 24.0. The molecule has 5 nitrogen and oxygen atoms in total. The third-order valence-corrected chi connectivity index (χ3v) is 5.63. The van der Waals surface area contributed by atoms with Gasteiger partial charge in [0.15, 0.2) is 0 Å². The Balaban J connectivity index is 1.40. The van der Waals surface area contributed by atoms with Crippen molar-refractivity contribution in [1.82, 2.24) is 9.88 Å². The highest BCUT2D eigenvalue weighted by Gasteiger charge is 2.29. The van der Waals surface area contributed by atoms with Gasteiger partial charge in [0.05, 0.1) is 30.2 Å². The SMILES string of the molecule is OC(CC1COCCN1Cc1csc(C2CC2)n1)c1ccco1. The maximum Gasteiger partial charge on any atom is 0.132 e. The summed E-state index contributed by atoms with van der Waals surface area (Å²) in [5.74, 6) is 1.34. The van der Waals surface area contributed by atoms with E-state index in [1.807, 2.05) is 12.1 Å². The van der Waals surface area contributed by atoms with Gasteiger partial charge in [-0.25, -0.2) is 4.98 Å². The van der Waals surface area contributed by atoms with Gasteiger partial charge in [0, 0.05) is 30.4 Å². The second-order valence-corrected chi connectivity index (χ2v) is 7.31. The predicted octanol–water partition coefficient (Wildman–Crippen LogP) is 2.94. The first-order chi connectivity index (χ1) is 11.3. The molecule has 1 saturated heterocycles. The fourth-order valence-corrected chi connectivity index (χ4v) is 4.07. The molecule has 2 aliphatic rings. The van der Waals surface area contributed by atoms with Gasteiger partial charge >= 0.3 is 0 Å². The fraction of sp³-hybridized carbons (Fsp3) is 0.588. The number of thiazole rings is 1. The van der Waals surface area contributed by atoms with Crippen LogP contribution in [0.5, 0.6) is 0 Å². The van der Waals surface area contributed by atoms with Crippen LogP contribution in [0.4, 0.5) is 0 Å². The summed E-state index contributed by atoms with van der Waals surface area (Å²) >= 11 is 1.79. The quantitative estimate of drug-likeness (QED) is 0.880. The van der Waals surface area contributed by atoms with Crippen LogP contribution in [0.2, 0.25) is 0 Å². The van der Waals surface area contributed by atoms with Crippen LogP contribution >= 0.6 is 11.3 Å². The molecule has 0 amide bonds. The Bertz CT molecular complexity index is 624. The molecule has 124 valence electrons. The highest BCUT2D eigenvalue weighted by molar-refractivity contribution is 7.09. The Hall–Kier alpha value is -1.21. The van der Waals surface area contributed by atoms with E-state index in [1.165, 1.54) is 17.8 Å². The summed E-state index contributed by atoms with van der Waals surface area (Å²) in [6, 6.07) is 3.82. The van der Waals surface area contributed by atoms with E-state index in [9.17, 15) is 5.11 Å². The van der Waals surface area contributed by atoms with Crippen LogP contribution in [0.25, 0.3) is 0 Å². The summed E-state index contributed by atoms with van der Waals surface area (Å²) in [7, 11) is 0. The molecule has 0 aromatic carbocycles. The third kappa shape index (κ3) is 3.66. The zero-order valence-corrected chi connectivity index (χ0v) is 13.9. The van der Waals surface area contributed by atoms with Crippen molar-refractivity contribution >= 4 is 11.3 Å². The number of aromatic nitrogens is 1. The monoisotopic (exact) mass is 334 g/mol. The summed E-state index contributed by atoms with van der Waals surface area (Å²) in [5, 5.41) is 13.8. The van der Waals surface area contributed by atoms with Gasteiger partial charge in [-0.15, -0.1) is 11.3 Å². The van der Waals surface area contributed by atoms with E-state index >= 15 is 0 Å². The molecule has 1 saturated carbocycles. The zero-order valence-electron chi connectivity index (χ0n) is 13.1. The zero-order chi connectivity index (χ0) is 15.6. The molecule has 3 heterocycles. The number of nitrogens with zero attached hydrogens (tertiary/aromatic N) is 2. The Morgan fingerprint density at radius 3 is 3.13 bits per heavy atom. The van der Waals surface area contributed by atoms with E-state index < -0.39 is 6.10 Å². The average molecular weight is 334 g/mol. The van der Waals surface area contributed by atoms with Crippen LogP contribution in [-0.4, -0.2) is 40.8 Å². The highest BCUT2D eigenvalue weighted by atomic mass is 32.1. The van der Waals surface area contributed by atoms with Gasteiger partial charge in [-0.3, -0.25) is 4.90 Å². The summed E-state index contributed by atoms with van der Waals surface area (Å²) in [4.78, 5) is 7.16. The molecule has 23 heavy (non-hydrogen) atoms. The van der Waals surface area contributed by atoms with E-state index in [1.54, 1.807) is 17.6 Å². The highest BCUT2D eigenvalue weighted by Crippen LogP contribution is 2.41. The molecule has 0 spiro atoms. The van der Waals surface area contributed by atoms with Gasteiger partial charge < -0.3 is 14.3 Å². The molecule has 2 aromatic rings. The first-order valence-electron chi connectivity index (χ1n) is 8.27. The fourth-order valence-electron chi connectivity index (χ4n) is 3.09. The molecule has 0 bridgehead atoms. The molecule has 1 N–H and O–H groups in total. The maximum atomic E-state index is 10.3. The topological polar surface area (TPSA) is 58.7 Å². The van der Waals surface area contributed by atoms with Crippen molar-refractivity contribution in [1.29, 1.82) is 0 Å². The van der Waals surface area contributed by atoms with Crippen molar-refractivity contribution in [2.45, 2.75) is 43.9 Å². The van der Waals surface area contributed by atoms with Gasteiger partial charge in [0.1, 0.15) is 11.9 Å². The summed E-state index contributed by atoms with van der Waals surface area (Å²) in [5.41, 5.74) is 1.15. The van der Waals surface area contributed by atoms with Crippen LogP contribution in [0.3, 0.4) is 0 Å². The smallest absolute Gasteiger partial charge is 0.132 e. The average Bonchev–Trinajstić information content (AvgIpc) is 3.08. The number of hydrogen-bond acceptors (Lipinski definition) is 6. The number of furan rings is 1. The number of aliphatic hydroxyl groups is 1. The van der Waals surface area contributed by atoms with E-state index in [0.717, 1.165) is 31.3 Å². The van der Waals surface area contributed by atoms with Crippen molar-refractivity contribution in [3.05, 3.63) is 40.2 Å². The van der Waals surface area contributed by atoms with Crippen LogP contribution < -0.4 is 0 Å². The predicted molar refractivity (Wildman–Crippen MR) is 87.4 cm³/mol. The molecule has 1 aliphatic carbocycles. The van der Waals surface area contributed by atoms with E-state index in [4.69, 9.17) is 14.1 Å². The number of hydrogen-bond donors (Lipinski definition) is 1. The maximum absolute atomic E-state index is 10.3. The molecule has 2 atom stereocenters. The van der Waals surface area contributed by atoms with Crippen LogP contribution in [-0.2, 0) is 11.3 Å². The molecular formula is C17H22N2O3S. The van der Waals surface area contributed by atoms with Gasteiger partial charge in [-0.2, -0.15) is 0 Å². The molecule has 6 heteroatoms.